The molecular formula is C14H18FN3OS. The maximum Gasteiger partial charge on any atom is 0.198 e. The largest absolute Gasteiger partial charge is 0.484 e. The second-order valence-electron chi connectivity index (χ2n) is 4.85. The van der Waals surface area contributed by atoms with Gasteiger partial charge in [0.25, 0.3) is 0 Å². The SMILES string of the molecule is CC(C)Oc1c(N)nsc1N(C)Cc1ccc(F)cc1. The van der Waals surface area contributed by atoms with Gasteiger partial charge in [-0.1, -0.05) is 12.1 Å². The molecule has 2 aromatic rings. The first-order chi connectivity index (χ1) is 9.47. The van der Waals surface area contributed by atoms with Gasteiger partial charge >= 0.3 is 0 Å². The molecule has 0 bridgehead atoms. The van der Waals surface area contributed by atoms with E-state index in [1.165, 1.54) is 23.7 Å². The van der Waals surface area contributed by atoms with Crippen LogP contribution in [0.3, 0.4) is 0 Å². The first-order valence-electron chi connectivity index (χ1n) is 6.34. The van der Waals surface area contributed by atoms with E-state index in [9.17, 15) is 4.39 Å². The van der Waals surface area contributed by atoms with Crippen molar-refractivity contribution in [3.8, 4) is 5.75 Å². The summed E-state index contributed by atoms with van der Waals surface area (Å²) in [6, 6.07) is 6.43. The predicted molar refractivity (Wildman–Crippen MR) is 80.8 cm³/mol. The van der Waals surface area contributed by atoms with E-state index in [4.69, 9.17) is 10.5 Å². The summed E-state index contributed by atoms with van der Waals surface area (Å²) in [7, 11) is 1.93. The molecular weight excluding hydrogens is 277 g/mol. The molecule has 2 N–H and O–H groups in total. The molecule has 4 nitrogen and oxygen atoms in total. The molecule has 2 rings (SSSR count). The summed E-state index contributed by atoms with van der Waals surface area (Å²) in [6.45, 7) is 4.53. The van der Waals surface area contributed by atoms with Gasteiger partial charge in [0.05, 0.1) is 6.10 Å². The van der Waals surface area contributed by atoms with Crippen LogP contribution in [-0.4, -0.2) is 17.5 Å². The van der Waals surface area contributed by atoms with Gasteiger partial charge in [-0.3, -0.25) is 0 Å². The number of benzene rings is 1. The summed E-state index contributed by atoms with van der Waals surface area (Å²) >= 11 is 1.30. The summed E-state index contributed by atoms with van der Waals surface area (Å²) in [4.78, 5) is 2.00. The highest BCUT2D eigenvalue weighted by Gasteiger charge is 2.18. The first-order valence-corrected chi connectivity index (χ1v) is 7.12. The molecule has 0 aliphatic heterocycles. The molecule has 1 aromatic carbocycles. The number of ether oxygens (including phenoxy) is 1. The van der Waals surface area contributed by atoms with Gasteiger partial charge in [-0.2, -0.15) is 4.37 Å². The van der Waals surface area contributed by atoms with Crippen molar-refractivity contribution in [3.63, 3.8) is 0 Å². The lowest BCUT2D eigenvalue weighted by Gasteiger charge is -2.19. The van der Waals surface area contributed by atoms with Crippen LogP contribution in [0.5, 0.6) is 5.75 Å². The third-order valence-corrected chi connectivity index (χ3v) is 3.65. The Morgan fingerprint density at radius 3 is 2.60 bits per heavy atom. The van der Waals surface area contributed by atoms with Crippen molar-refractivity contribution >= 4 is 22.4 Å². The number of rotatable bonds is 5. The third-order valence-electron chi connectivity index (χ3n) is 2.69. The average molecular weight is 295 g/mol. The zero-order chi connectivity index (χ0) is 14.7. The van der Waals surface area contributed by atoms with Gasteiger partial charge in [-0.05, 0) is 43.1 Å². The molecule has 0 saturated heterocycles. The summed E-state index contributed by atoms with van der Waals surface area (Å²) in [6.07, 6.45) is 0.0340. The Hall–Kier alpha value is -1.82. The Balaban J connectivity index is 2.16. The van der Waals surface area contributed by atoms with E-state index in [1.54, 1.807) is 12.1 Å². The number of hydrogen-bond acceptors (Lipinski definition) is 5. The third kappa shape index (κ3) is 3.39. The fraction of sp³-hybridized carbons (Fsp3) is 0.357. The lowest BCUT2D eigenvalue weighted by molar-refractivity contribution is 0.245. The number of halogens is 1. The topological polar surface area (TPSA) is 51.4 Å². The minimum atomic E-state index is -0.234. The second kappa shape index (κ2) is 6.09. The molecule has 1 aromatic heterocycles. The molecule has 0 radical (unpaired) electrons. The molecule has 0 unspecified atom stereocenters. The van der Waals surface area contributed by atoms with Crippen LogP contribution in [0, 0.1) is 5.82 Å². The fourth-order valence-electron chi connectivity index (χ4n) is 1.81. The standard InChI is InChI=1S/C14H18FN3OS/c1-9(2)19-12-13(16)17-20-14(12)18(3)8-10-4-6-11(15)7-5-10/h4-7,9H,8H2,1-3H3,(H2,16,17). The first kappa shape index (κ1) is 14.6. The molecule has 0 aliphatic carbocycles. The molecule has 0 fully saturated rings. The predicted octanol–water partition coefficient (Wildman–Crippen LogP) is 3.29. The van der Waals surface area contributed by atoms with E-state index in [1.807, 2.05) is 25.8 Å². The summed E-state index contributed by atoms with van der Waals surface area (Å²) in [5, 5.41) is 0.875. The summed E-state index contributed by atoms with van der Waals surface area (Å²) in [5.41, 5.74) is 6.85. The molecule has 0 aliphatic rings. The second-order valence-corrected chi connectivity index (χ2v) is 5.60. The lowest BCUT2D eigenvalue weighted by Crippen LogP contribution is -2.17. The number of anilines is 2. The van der Waals surface area contributed by atoms with Gasteiger partial charge in [0, 0.05) is 13.6 Å². The van der Waals surface area contributed by atoms with Gasteiger partial charge in [0.1, 0.15) is 5.82 Å². The van der Waals surface area contributed by atoms with Crippen LogP contribution in [0.2, 0.25) is 0 Å². The molecule has 0 amide bonds. The van der Waals surface area contributed by atoms with Gasteiger partial charge in [-0.15, -0.1) is 0 Å². The van der Waals surface area contributed by atoms with Gasteiger partial charge < -0.3 is 15.4 Å². The van der Waals surface area contributed by atoms with Crippen molar-refractivity contribution in [1.29, 1.82) is 0 Å². The molecule has 1 heterocycles. The zero-order valence-corrected chi connectivity index (χ0v) is 12.6. The molecule has 0 spiro atoms. The molecule has 20 heavy (non-hydrogen) atoms. The van der Waals surface area contributed by atoms with Crippen molar-refractivity contribution in [1.82, 2.24) is 4.37 Å². The highest BCUT2D eigenvalue weighted by Crippen LogP contribution is 2.38. The molecule has 0 atom stereocenters. The lowest BCUT2D eigenvalue weighted by atomic mass is 10.2. The van der Waals surface area contributed by atoms with Crippen molar-refractivity contribution < 1.29 is 9.13 Å². The minimum absolute atomic E-state index is 0.0340. The number of hydrogen-bond donors (Lipinski definition) is 1. The molecule has 6 heteroatoms. The number of nitrogens with two attached hydrogens (primary N) is 1. The van der Waals surface area contributed by atoms with Crippen LogP contribution in [0.1, 0.15) is 19.4 Å². The maximum atomic E-state index is 12.9. The van der Waals surface area contributed by atoms with Gasteiger partial charge in [-0.25, -0.2) is 4.39 Å². The maximum absolute atomic E-state index is 12.9. The van der Waals surface area contributed by atoms with Crippen LogP contribution in [0.4, 0.5) is 15.2 Å². The Morgan fingerprint density at radius 2 is 2.00 bits per heavy atom. The fourth-order valence-corrected chi connectivity index (χ4v) is 2.52. The number of aromatic nitrogens is 1. The zero-order valence-electron chi connectivity index (χ0n) is 11.8. The van der Waals surface area contributed by atoms with Crippen LogP contribution in [0.25, 0.3) is 0 Å². The highest BCUT2D eigenvalue weighted by molar-refractivity contribution is 7.11. The average Bonchev–Trinajstić information content (AvgIpc) is 2.73. The monoisotopic (exact) mass is 295 g/mol. The summed E-state index contributed by atoms with van der Waals surface area (Å²) < 4.78 is 22.8. The molecule has 108 valence electrons. The van der Waals surface area contributed by atoms with Crippen LogP contribution in [-0.2, 0) is 6.54 Å². The van der Waals surface area contributed by atoms with E-state index in [2.05, 4.69) is 4.37 Å². The quantitative estimate of drug-likeness (QED) is 0.919. The summed E-state index contributed by atoms with van der Waals surface area (Å²) in [5.74, 6) is 0.793. The van der Waals surface area contributed by atoms with Crippen LogP contribution in [0.15, 0.2) is 24.3 Å². The van der Waals surface area contributed by atoms with E-state index in [-0.39, 0.29) is 11.9 Å². The normalized spacial score (nSPS) is 10.8. The van der Waals surface area contributed by atoms with Gasteiger partial charge in [0.2, 0.25) is 0 Å². The smallest absolute Gasteiger partial charge is 0.198 e. The van der Waals surface area contributed by atoms with E-state index >= 15 is 0 Å². The number of nitrogen functional groups attached to an aromatic ring is 1. The molecule has 0 saturated carbocycles. The van der Waals surface area contributed by atoms with Crippen molar-refractivity contribution in [3.05, 3.63) is 35.6 Å². The Labute approximate surface area is 122 Å². The van der Waals surface area contributed by atoms with Crippen molar-refractivity contribution in [2.45, 2.75) is 26.5 Å². The number of nitrogens with zero attached hydrogens (tertiary/aromatic N) is 2. The van der Waals surface area contributed by atoms with Crippen molar-refractivity contribution in [2.24, 2.45) is 0 Å². The van der Waals surface area contributed by atoms with E-state index in [0.29, 0.717) is 18.1 Å². The Morgan fingerprint density at radius 1 is 1.35 bits per heavy atom. The van der Waals surface area contributed by atoms with E-state index < -0.39 is 0 Å². The Kier molecular flexibility index (Phi) is 4.44. The Bertz CT molecular complexity index is 568. The van der Waals surface area contributed by atoms with Crippen LogP contribution >= 0.6 is 11.5 Å². The van der Waals surface area contributed by atoms with E-state index in [0.717, 1.165) is 10.6 Å². The van der Waals surface area contributed by atoms with Crippen molar-refractivity contribution in [2.75, 3.05) is 17.7 Å². The highest BCUT2D eigenvalue weighted by atomic mass is 32.1. The van der Waals surface area contributed by atoms with Crippen LogP contribution < -0.4 is 15.4 Å². The van der Waals surface area contributed by atoms with Gasteiger partial charge in [0.15, 0.2) is 16.6 Å². The minimum Gasteiger partial charge on any atom is -0.484 e.